The summed E-state index contributed by atoms with van der Waals surface area (Å²) in [5, 5.41) is 8.70. The second-order valence-corrected chi connectivity index (χ2v) is 2.89. The molecule has 0 heterocycles. The minimum atomic E-state index is -0.173. The van der Waals surface area contributed by atoms with E-state index < -0.39 is 0 Å². The van der Waals surface area contributed by atoms with Crippen LogP contribution in [0.4, 0.5) is 5.69 Å². The molecule has 0 radical (unpaired) electrons. The number of aliphatic hydroxyl groups excluding tert-OH is 1. The van der Waals surface area contributed by atoms with Crippen LogP contribution in [0.3, 0.4) is 0 Å². The highest BCUT2D eigenvalue weighted by atomic mass is 35.5. The molecule has 13 heavy (non-hydrogen) atoms. The zero-order valence-electron chi connectivity index (χ0n) is 7.31. The number of benzene rings is 1. The molecule has 0 bridgehead atoms. The summed E-state index contributed by atoms with van der Waals surface area (Å²) in [6.07, 6.45) is 0.691. The van der Waals surface area contributed by atoms with Crippen molar-refractivity contribution in [2.75, 3.05) is 12.3 Å². The Morgan fingerprint density at radius 1 is 1.23 bits per heavy atom. The Morgan fingerprint density at radius 3 is 2.23 bits per heavy atom. The quantitative estimate of drug-likeness (QED) is 0.627. The van der Waals surface area contributed by atoms with Gasteiger partial charge < -0.3 is 16.6 Å². The number of rotatable bonds is 3. The molecule has 0 saturated carbocycles. The van der Waals surface area contributed by atoms with E-state index in [4.69, 9.17) is 16.6 Å². The van der Waals surface area contributed by atoms with E-state index >= 15 is 0 Å². The van der Waals surface area contributed by atoms with Gasteiger partial charge in [-0.25, -0.2) is 0 Å². The van der Waals surface area contributed by atoms with Crippen LogP contribution >= 0.6 is 12.4 Å². The van der Waals surface area contributed by atoms with Crippen LogP contribution in [-0.2, 0) is 6.42 Å². The van der Waals surface area contributed by atoms with Crippen molar-refractivity contribution in [2.45, 2.75) is 12.5 Å². The molecule has 4 heteroatoms. The zero-order valence-corrected chi connectivity index (χ0v) is 8.13. The molecule has 1 aromatic carbocycles. The average Bonchev–Trinajstić information content (AvgIpc) is 2.09. The summed E-state index contributed by atoms with van der Waals surface area (Å²) < 4.78 is 0. The second-order valence-electron chi connectivity index (χ2n) is 2.89. The molecule has 0 unspecified atom stereocenters. The number of halogens is 1. The van der Waals surface area contributed by atoms with Gasteiger partial charge in [0.05, 0.1) is 6.61 Å². The predicted molar refractivity (Wildman–Crippen MR) is 56.9 cm³/mol. The lowest BCUT2D eigenvalue weighted by Gasteiger charge is -2.07. The van der Waals surface area contributed by atoms with E-state index in [0.29, 0.717) is 6.42 Å². The monoisotopic (exact) mass is 202 g/mol. The SMILES string of the molecule is Cl.Nc1ccc(C[C@H](N)CO)cc1. The zero-order chi connectivity index (χ0) is 8.97. The molecular formula is C9H15ClN2O. The third kappa shape index (κ3) is 4.12. The largest absolute Gasteiger partial charge is 0.399 e. The van der Waals surface area contributed by atoms with Gasteiger partial charge in [-0.1, -0.05) is 12.1 Å². The van der Waals surface area contributed by atoms with Crippen LogP contribution < -0.4 is 11.5 Å². The molecule has 0 amide bonds. The number of hydrogen-bond donors (Lipinski definition) is 3. The fourth-order valence-corrected chi connectivity index (χ4v) is 1.02. The molecule has 0 saturated heterocycles. The van der Waals surface area contributed by atoms with Gasteiger partial charge in [-0.3, -0.25) is 0 Å². The van der Waals surface area contributed by atoms with Crippen LogP contribution in [0.25, 0.3) is 0 Å². The van der Waals surface area contributed by atoms with E-state index in [-0.39, 0.29) is 25.1 Å². The van der Waals surface area contributed by atoms with Gasteiger partial charge in [0.2, 0.25) is 0 Å². The molecular weight excluding hydrogens is 188 g/mol. The van der Waals surface area contributed by atoms with Crippen molar-refractivity contribution in [3.8, 4) is 0 Å². The number of nitrogens with two attached hydrogens (primary N) is 2. The summed E-state index contributed by atoms with van der Waals surface area (Å²) in [4.78, 5) is 0. The highest BCUT2D eigenvalue weighted by Gasteiger charge is 2.00. The lowest BCUT2D eigenvalue weighted by Crippen LogP contribution is -2.26. The van der Waals surface area contributed by atoms with Crippen molar-refractivity contribution in [1.29, 1.82) is 0 Å². The van der Waals surface area contributed by atoms with Crippen LogP contribution in [0.5, 0.6) is 0 Å². The van der Waals surface area contributed by atoms with Crippen molar-refractivity contribution in [2.24, 2.45) is 5.73 Å². The first kappa shape index (κ1) is 12.2. The maximum atomic E-state index is 8.70. The number of anilines is 1. The number of nitrogen functional groups attached to an aromatic ring is 1. The van der Waals surface area contributed by atoms with Crippen LogP contribution in [0.1, 0.15) is 5.56 Å². The molecule has 1 aromatic rings. The maximum absolute atomic E-state index is 8.70. The first-order valence-electron chi connectivity index (χ1n) is 3.93. The summed E-state index contributed by atoms with van der Waals surface area (Å²) in [5.41, 5.74) is 12.9. The lowest BCUT2D eigenvalue weighted by atomic mass is 10.1. The van der Waals surface area contributed by atoms with Crippen LogP contribution in [0, 0.1) is 0 Å². The Bertz CT molecular complexity index is 238. The molecule has 1 atom stereocenters. The summed E-state index contributed by atoms with van der Waals surface area (Å²) in [6, 6.07) is 7.34. The van der Waals surface area contributed by atoms with E-state index in [1.54, 1.807) is 0 Å². The third-order valence-corrected chi connectivity index (χ3v) is 1.71. The molecule has 3 nitrogen and oxygen atoms in total. The minimum Gasteiger partial charge on any atom is -0.399 e. The molecule has 0 aliphatic rings. The lowest BCUT2D eigenvalue weighted by molar-refractivity contribution is 0.265. The highest BCUT2D eigenvalue weighted by molar-refractivity contribution is 5.85. The van der Waals surface area contributed by atoms with Gasteiger partial charge in [-0.2, -0.15) is 0 Å². The normalized spacial score (nSPS) is 11.8. The fraction of sp³-hybridized carbons (Fsp3) is 0.333. The van der Waals surface area contributed by atoms with Crippen molar-refractivity contribution in [1.82, 2.24) is 0 Å². The molecule has 0 aromatic heterocycles. The van der Waals surface area contributed by atoms with Gasteiger partial charge in [-0.15, -0.1) is 12.4 Å². The summed E-state index contributed by atoms with van der Waals surface area (Å²) in [6.45, 7) is 0.0182. The minimum absolute atomic E-state index is 0. The van der Waals surface area contributed by atoms with E-state index in [1.165, 1.54) is 0 Å². The highest BCUT2D eigenvalue weighted by Crippen LogP contribution is 2.06. The molecule has 0 fully saturated rings. The van der Waals surface area contributed by atoms with Gasteiger partial charge in [0, 0.05) is 11.7 Å². The van der Waals surface area contributed by atoms with E-state index in [2.05, 4.69) is 0 Å². The van der Waals surface area contributed by atoms with E-state index in [1.807, 2.05) is 24.3 Å². The van der Waals surface area contributed by atoms with Crippen LogP contribution in [0.2, 0.25) is 0 Å². The summed E-state index contributed by atoms with van der Waals surface area (Å²) >= 11 is 0. The molecule has 0 spiro atoms. The van der Waals surface area contributed by atoms with Gasteiger partial charge in [0.1, 0.15) is 0 Å². The first-order chi connectivity index (χ1) is 5.72. The van der Waals surface area contributed by atoms with E-state index in [0.717, 1.165) is 11.3 Å². The fourth-order valence-electron chi connectivity index (χ4n) is 1.02. The smallest absolute Gasteiger partial charge is 0.0585 e. The topological polar surface area (TPSA) is 72.3 Å². The van der Waals surface area contributed by atoms with Gasteiger partial charge >= 0.3 is 0 Å². The van der Waals surface area contributed by atoms with Crippen molar-refractivity contribution in [3.05, 3.63) is 29.8 Å². The molecule has 1 rings (SSSR count). The third-order valence-electron chi connectivity index (χ3n) is 1.71. The van der Waals surface area contributed by atoms with Crippen LogP contribution in [0.15, 0.2) is 24.3 Å². The number of hydrogen-bond acceptors (Lipinski definition) is 3. The molecule has 0 aliphatic heterocycles. The van der Waals surface area contributed by atoms with Crippen molar-refractivity contribution < 1.29 is 5.11 Å². The van der Waals surface area contributed by atoms with Gasteiger partial charge in [0.15, 0.2) is 0 Å². The Morgan fingerprint density at radius 2 is 1.77 bits per heavy atom. The first-order valence-corrected chi connectivity index (χ1v) is 3.93. The summed E-state index contributed by atoms with van der Waals surface area (Å²) in [5.74, 6) is 0. The maximum Gasteiger partial charge on any atom is 0.0585 e. The average molecular weight is 203 g/mol. The van der Waals surface area contributed by atoms with Gasteiger partial charge in [-0.05, 0) is 24.1 Å². The Balaban J connectivity index is 0.00000144. The molecule has 74 valence electrons. The van der Waals surface area contributed by atoms with E-state index in [9.17, 15) is 0 Å². The molecule has 5 N–H and O–H groups in total. The van der Waals surface area contributed by atoms with Crippen molar-refractivity contribution >= 4 is 18.1 Å². The standard InChI is InChI=1S/C9H14N2O.ClH/c10-8-3-1-7(2-4-8)5-9(11)6-12;/h1-4,9,12H,5-6,10-11H2;1H/t9-;/m0./s1. The molecule has 0 aliphatic carbocycles. The second kappa shape index (κ2) is 5.80. The van der Waals surface area contributed by atoms with Crippen molar-refractivity contribution in [3.63, 3.8) is 0 Å². The Kier molecular flexibility index (Phi) is 5.46. The van der Waals surface area contributed by atoms with Crippen LogP contribution in [-0.4, -0.2) is 17.8 Å². The Labute approximate surface area is 84.2 Å². The van der Waals surface area contributed by atoms with Gasteiger partial charge in [0.25, 0.3) is 0 Å². The predicted octanol–water partition coefficient (Wildman–Crippen LogP) is 0.553. The summed E-state index contributed by atoms with van der Waals surface area (Å²) in [7, 11) is 0. The Hall–Kier alpha value is -0.770. The number of aliphatic hydroxyl groups is 1.